The van der Waals surface area contributed by atoms with Crippen molar-refractivity contribution in [3.05, 3.63) is 60.2 Å². The zero-order valence-electron chi connectivity index (χ0n) is 13.0. The fourth-order valence-electron chi connectivity index (χ4n) is 1.86. The SMILES string of the molecule is O=C(O)CCCOc1ccc(OC(=O)OCc2ccccc2)cc1. The number of benzene rings is 2. The van der Waals surface area contributed by atoms with Gasteiger partial charge in [0.05, 0.1) is 6.61 Å². The minimum absolute atomic E-state index is 0.0639. The quantitative estimate of drug-likeness (QED) is 0.452. The highest BCUT2D eigenvalue weighted by molar-refractivity contribution is 5.66. The molecule has 0 bridgehead atoms. The largest absolute Gasteiger partial charge is 0.514 e. The molecule has 0 saturated carbocycles. The molecular weight excluding hydrogens is 312 g/mol. The lowest BCUT2D eigenvalue weighted by Gasteiger charge is -2.08. The molecule has 0 spiro atoms. The summed E-state index contributed by atoms with van der Waals surface area (Å²) in [6, 6.07) is 15.7. The van der Waals surface area contributed by atoms with Crippen LogP contribution in [-0.4, -0.2) is 23.8 Å². The van der Waals surface area contributed by atoms with Gasteiger partial charge in [0.15, 0.2) is 0 Å². The molecule has 0 aliphatic carbocycles. The van der Waals surface area contributed by atoms with Gasteiger partial charge in [0.25, 0.3) is 0 Å². The van der Waals surface area contributed by atoms with Crippen molar-refractivity contribution in [2.24, 2.45) is 0 Å². The summed E-state index contributed by atoms with van der Waals surface area (Å²) in [6.45, 7) is 0.454. The van der Waals surface area contributed by atoms with Gasteiger partial charge in [-0.25, -0.2) is 4.79 Å². The van der Waals surface area contributed by atoms with Gasteiger partial charge in [-0.3, -0.25) is 4.79 Å². The third-order valence-corrected chi connectivity index (χ3v) is 3.03. The van der Waals surface area contributed by atoms with Crippen LogP contribution >= 0.6 is 0 Å². The first kappa shape index (κ1) is 17.3. The van der Waals surface area contributed by atoms with Crippen molar-refractivity contribution in [3.63, 3.8) is 0 Å². The number of aliphatic carboxylic acids is 1. The van der Waals surface area contributed by atoms with Crippen molar-refractivity contribution < 1.29 is 28.9 Å². The summed E-state index contributed by atoms with van der Waals surface area (Å²) in [4.78, 5) is 22.0. The van der Waals surface area contributed by atoms with E-state index in [1.54, 1.807) is 24.3 Å². The predicted octanol–water partition coefficient (Wildman–Crippen LogP) is 3.65. The maximum Gasteiger partial charge on any atom is 0.514 e. The molecule has 0 radical (unpaired) electrons. The second-order valence-corrected chi connectivity index (χ2v) is 4.94. The lowest BCUT2D eigenvalue weighted by Crippen LogP contribution is -2.10. The number of carbonyl (C=O) groups excluding carboxylic acids is 1. The summed E-state index contributed by atoms with van der Waals surface area (Å²) in [5.41, 5.74) is 0.875. The summed E-state index contributed by atoms with van der Waals surface area (Å²) >= 11 is 0. The van der Waals surface area contributed by atoms with Crippen LogP contribution in [0.1, 0.15) is 18.4 Å². The van der Waals surface area contributed by atoms with Crippen LogP contribution in [0.3, 0.4) is 0 Å². The Bertz CT molecular complexity index is 651. The van der Waals surface area contributed by atoms with Crippen molar-refractivity contribution in [2.45, 2.75) is 19.4 Å². The first-order valence-corrected chi connectivity index (χ1v) is 7.46. The van der Waals surface area contributed by atoms with Crippen LogP contribution in [0.5, 0.6) is 11.5 Å². The molecule has 0 saturated heterocycles. The van der Waals surface area contributed by atoms with Crippen LogP contribution < -0.4 is 9.47 Å². The van der Waals surface area contributed by atoms with E-state index in [-0.39, 0.29) is 13.0 Å². The molecule has 24 heavy (non-hydrogen) atoms. The summed E-state index contributed by atoms with van der Waals surface area (Å²) in [7, 11) is 0. The number of carboxylic acid groups (broad SMARTS) is 1. The molecule has 0 aliphatic heterocycles. The standard InChI is InChI=1S/C18H18O6/c19-17(20)7-4-12-22-15-8-10-16(11-9-15)24-18(21)23-13-14-5-2-1-3-6-14/h1-3,5-6,8-11H,4,7,12-13H2,(H,19,20). The van der Waals surface area contributed by atoms with Gasteiger partial charge in [0, 0.05) is 6.42 Å². The molecule has 0 unspecified atom stereocenters. The molecule has 2 aromatic carbocycles. The Morgan fingerprint density at radius 3 is 2.25 bits per heavy atom. The molecule has 2 aromatic rings. The van der Waals surface area contributed by atoms with E-state index in [1.165, 1.54) is 0 Å². The smallest absolute Gasteiger partial charge is 0.494 e. The normalized spacial score (nSPS) is 10.0. The maximum atomic E-state index is 11.6. The zero-order valence-corrected chi connectivity index (χ0v) is 13.0. The summed E-state index contributed by atoms with van der Waals surface area (Å²) < 4.78 is 15.5. The Morgan fingerprint density at radius 1 is 0.917 bits per heavy atom. The van der Waals surface area contributed by atoms with E-state index in [9.17, 15) is 9.59 Å². The van der Waals surface area contributed by atoms with Gasteiger partial charge in [0.1, 0.15) is 18.1 Å². The highest BCUT2D eigenvalue weighted by Gasteiger charge is 2.07. The monoisotopic (exact) mass is 330 g/mol. The third-order valence-electron chi connectivity index (χ3n) is 3.03. The minimum atomic E-state index is -0.851. The number of carbonyl (C=O) groups is 2. The number of ether oxygens (including phenoxy) is 3. The fraction of sp³-hybridized carbons (Fsp3) is 0.222. The average Bonchev–Trinajstić information content (AvgIpc) is 2.59. The first-order chi connectivity index (χ1) is 11.6. The van der Waals surface area contributed by atoms with Crippen molar-refractivity contribution in [2.75, 3.05) is 6.61 Å². The number of hydrogen-bond acceptors (Lipinski definition) is 5. The Balaban J connectivity index is 1.72. The van der Waals surface area contributed by atoms with Crippen molar-refractivity contribution >= 4 is 12.1 Å². The van der Waals surface area contributed by atoms with Crippen LogP contribution in [0.4, 0.5) is 4.79 Å². The molecule has 6 heteroatoms. The Hall–Kier alpha value is -3.02. The third kappa shape index (κ3) is 6.39. The fourth-order valence-corrected chi connectivity index (χ4v) is 1.86. The Morgan fingerprint density at radius 2 is 1.58 bits per heavy atom. The summed E-state index contributed by atoms with van der Waals surface area (Å²) in [5.74, 6) is 0.0627. The van der Waals surface area contributed by atoms with E-state index in [2.05, 4.69) is 0 Å². The van der Waals surface area contributed by atoms with E-state index in [4.69, 9.17) is 19.3 Å². The minimum Gasteiger partial charge on any atom is -0.494 e. The van der Waals surface area contributed by atoms with Gasteiger partial charge >= 0.3 is 12.1 Å². The average molecular weight is 330 g/mol. The zero-order chi connectivity index (χ0) is 17.2. The van der Waals surface area contributed by atoms with Crippen molar-refractivity contribution in [1.29, 1.82) is 0 Å². The molecule has 0 atom stereocenters. The summed E-state index contributed by atoms with van der Waals surface area (Å²) in [5, 5.41) is 8.53. The van der Waals surface area contributed by atoms with Gasteiger partial charge in [-0.15, -0.1) is 0 Å². The molecule has 0 aliphatic rings. The number of hydrogen-bond donors (Lipinski definition) is 1. The molecule has 0 heterocycles. The van der Waals surface area contributed by atoms with Crippen LogP contribution in [0.2, 0.25) is 0 Å². The first-order valence-electron chi connectivity index (χ1n) is 7.46. The van der Waals surface area contributed by atoms with Crippen LogP contribution in [-0.2, 0) is 16.1 Å². The van der Waals surface area contributed by atoms with Crippen LogP contribution in [0.25, 0.3) is 0 Å². The molecule has 126 valence electrons. The second-order valence-electron chi connectivity index (χ2n) is 4.94. The molecule has 0 amide bonds. The number of rotatable bonds is 8. The highest BCUT2D eigenvalue weighted by atomic mass is 16.7. The molecule has 2 rings (SSSR count). The van der Waals surface area contributed by atoms with Crippen LogP contribution in [0.15, 0.2) is 54.6 Å². The van der Waals surface area contributed by atoms with E-state index in [0.29, 0.717) is 24.5 Å². The van der Waals surface area contributed by atoms with E-state index in [1.807, 2.05) is 30.3 Å². The van der Waals surface area contributed by atoms with Crippen molar-refractivity contribution in [3.8, 4) is 11.5 Å². The number of carboxylic acids is 1. The Kier molecular flexibility index (Phi) is 6.64. The van der Waals surface area contributed by atoms with Gasteiger partial charge in [-0.05, 0) is 36.2 Å². The predicted molar refractivity (Wildman–Crippen MR) is 86.1 cm³/mol. The van der Waals surface area contributed by atoms with Gasteiger partial charge in [-0.1, -0.05) is 30.3 Å². The van der Waals surface area contributed by atoms with Crippen LogP contribution in [0, 0.1) is 0 Å². The van der Waals surface area contributed by atoms with E-state index in [0.717, 1.165) is 5.56 Å². The highest BCUT2D eigenvalue weighted by Crippen LogP contribution is 2.18. The lowest BCUT2D eigenvalue weighted by atomic mass is 10.2. The Labute approximate surface area is 139 Å². The molecule has 1 N–H and O–H groups in total. The molecular formula is C18H18O6. The second kappa shape index (κ2) is 9.19. The van der Waals surface area contributed by atoms with E-state index >= 15 is 0 Å². The lowest BCUT2D eigenvalue weighted by molar-refractivity contribution is -0.137. The summed E-state index contributed by atoms with van der Waals surface area (Å²) in [6.07, 6.45) is -0.289. The maximum absolute atomic E-state index is 11.6. The van der Waals surface area contributed by atoms with Crippen molar-refractivity contribution in [1.82, 2.24) is 0 Å². The van der Waals surface area contributed by atoms with Gasteiger partial charge in [-0.2, -0.15) is 0 Å². The molecule has 6 nitrogen and oxygen atoms in total. The molecule has 0 fully saturated rings. The topological polar surface area (TPSA) is 82.1 Å². The molecule has 0 aromatic heterocycles. The van der Waals surface area contributed by atoms with E-state index < -0.39 is 12.1 Å². The van der Waals surface area contributed by atoms with Gasteiger partial charge < -0.3 is 19.3 Å². The van der Waals surface area contributed by atoms with Gasteiger partial charge in [0.2, 0.25) is 0 Å².